The van der Waals surface area contributed by atoms with Crippen molar-refractivity contribution in [3.63, 3.8) is 0 Å². The number of amides is 2. The highest BCUT2D eigenvalue weighted by Gasteiger charge is 2.25. The molecule has 2 aliphatic heterocycles. The van der Waals surface area contributed by atoms with E-state index in [9.17, 15) is 9.59 Å². The maximum atomic E-state index is 13.0. The number of anilines is 2. The second-order valence-corrected chi connectivity index (χ2v) is 9.48. The van der Waals surface area contributed by atoms with E-state index in [0.29, 0.717) is 42.7 Å². The molecule has 1 aromatic carbocycles. The second kappa shape index (κ2) is 11.7. The van der Waals surface area contributed by atoms with E-state index in [4.69, 9.17) is 9.47 Å². The molecule has 4 rings (SSSR count). The number of hydrogen-bond donors (Lipinski definition) is 3. The molecule has 2 amide bonds. The Morgan fingerprint density at radius 2 is 2.18 bits per heavy atom. The summed E-state index contributed by atoms with van der Waals surface area (Å²) in [5.41, 5.74) is 2.24. The van der Waals surface area contributed by atoms with Gasteiger partial charge in [0.15, 0.2) is 5.13 Å². The Balaban J connectivity index is 1.46. The lowest BCUT2D eigenvalue weighted by Gasteiger charge is -2.15. The number of aromatic nitrogens is 1. The number of carbonyl (C=O) groups excluding carboxylic acids is 2. The largest absolute Gasteiger partial charge is 0.380 e. The van der Waals surface area contributed by atoms with Gasteiger partial charge in [-0.1, -0.05) is 13.0 Å². The van der Waals surface area contributed by atoms with Gasteiger partial charge in [-0.15, -0.1) is 11.3 Å². The number of methoxy groups -OCH3 is 1. The Bertz CT molecular complexity index is 991. The van der Waals surface area contributed by atoms with Crippen molar-refractivity contribution >= 4 is 34.0 Å². The summed E-state index contributed by atoms with van der Waals surface area (Å²) in [6, 6.07) is 5.88. The lowest BCUT2D eigenvalue weighted by molar-refractivity contribution is 0.0954. The van der Waals surface area contributed by atoms with E-state index in [1.54, 1.807) is 18.6 Å². The quantitative estimate of drug-likeness (QED) is 0.473. The SMILES string of the molecule is CCCNC(=O)c1cc(CN[C@H]2CCOC2)ccc1NC(=O)c1csc(N2CC[C@H](OC)C2)n1. The van der Waals surface area contributed by atoms with Crippen molar-refractivity contribution in [3.05, 3.63) is 40.4 Å². The first-order valence-corrected chi connectivity index (χ1v) is 12.7. The average Bonchev–Trinajstić information content (AvgIpc) is 3.62. The fourth-order valence-electron chi connectivity index (χ4n) is 4.08. The van der Waals surface area contributed by atoms with Crippen molar-refractivity contribution in [3.8, 4) is 0 Å². The monoisotopic (exact) mass is 487 g/mol. The van der Waals surface area contributed by atoms with Crippen molar-refractivity contribution < 1.29 is 19.1 Å². The van der Waals surface area contributed by atoms with Gasteiger partial charge in [-0.05, 0) is 37.0 Å². The van der Waals surface area contributed by atoms with E-state index in [-0.39, 0.29) is 17.9 Å². The molecule has 184 valence electrons. The number of hydrogen-bond acceptors (Lipinski definition) is 8. The molecule has 0 saturated carbocycles. The van der Waals surface area contributed by atoms with Gasteiger partial charge in [-0.3, -0.25) is 9.59 Å². The van der Waals surface area contributed by atoms with Crippen molar-refractivity contribution in [2.45, 2.75) is 44.9 Å². The molecule has 0 unspecified atom stereocenters. The van der Waals surface area contributed by atoms with Crippen LogP contribution in [0.2, 0.25) is 0 Å². The fourth-order valence-corrected chi connectivity index (χ4v) is 4.93. The number of nitrogens with one attached hydrogen (secondary N) is 3. The molecular formula is C24H33N5O4S. The van der Waals surface area contributed by atoms with Crippen LogP contribution in [0.25, 0.3) is 0 Å². The minimum absolute atomic E-state index is 0.194. The molecular weight excluding hydrogens is 454 g/mol. The fraction of sp³-hybridized carbons (Fsp3) is 0.542. The first kappa shape index (κ1) is 24.6. The highest BCUT2D eigenvalue weighted by molar-refractivity contribution is 7.14. The molecule has 0 radical (unpaired) electrons. The van der Waals surface area contributed by atoms with Crippen LogP contribution < -0.4 is 20.9 Å². The van der Waals surface area contributed by atoms with Crippen molar-refractivity contribution in [2.24, 2.45) is 0 Å². The molecule has 2 aromatic rings. The molecule has 0 spiro atoms. The Labute approximate surface area is 204 Å². The van der Waals surface area contributed by atoms with Crippen LogP contribution in [0.4, 0.5) is 10.8 Å². The Hall–Kier alpha value is -2.53. The standard InChI is InChI=1S/C24H33N5O4S/c1-3-8-25-22(30)19-11-16(12-26-17-7-10-33-14-17)4-5-20(19)27-23(31)21-15-34-24(28-21)29-9-6-18(13-29)32-2/h4-5,11,15,17-18,26H,3,6-10,12-14H2,1-2H3,(H,25,30)(H,27,31)/t17-,18-/m0/s1. The minimum Gasteiger partial charge on any atom is -0.380 e. The van der Waals surface area contributed by atoms with E-state index >= 15 is 0 Å². The van der Waals surface area contributed by atoms with Gasteiger partial charge < -0.3 is 30.3 Å². The van der Waals surface area contributed by atoms with E-state index in [0.717, 1.165) is 49.7 Å². The van der Waals surface area contributed by atoms with Crippen molar-refractivity contribution in [2.75, 3.05) is 50.2 Å². The third kappa shape index (κ3) is 6.12. The lowest BCUT2D eigenvalue weighted by atomic mass is 10.1. The van der Waals surface area contributed by atoms with Crippen molar-refractivity contribution in [1.29, 1.82) is 0 Å². The Morgan fingerprint density at radius 3 is 2.91 bits per heavy atom. The predicted octanol–water partition coefficient (Wildman–Crippen LogP) is 2.64. The third-order valence-corrected chi connectivity index (χ3v) is 7.01. The number of rotatable bonds is 10. The number of nitrogens with zero attached hydrogens (tertiary/aromatic N) is 2. The molecule has 3 N–H and O–H groups in total. The van der Waals surface area contributed by atoms with Crippen molar-refractivity contribution in [1.82, 2.24) is 15.6 Å². The first-order valence-electron chi connectivity index (χ1n) is 11.8. The Morgan fingerprint density at radius 1 is 1.29 bits per heavy atom. The van der Waals surface area contributed by atoms with Crippen LogP contribution >= 0.6 is 11.3 Å². The maximum absolute atomic E-state index is 13.0. The van der Waals surface area contributed by atoms with E-state index in [2.05, 4.69) is 25.8 Å². The molecule has 10 heteroatoms. The zero-order chi connectivity index (χ0) is 23.9. The number of benzene rings is 1. The summed E-state index contributed by atoms with van der Waals surface area (Å²) in [7, 11) is 1.72. The maximum Gasteiger partial charge on any atom is 0.275 e. The third-order valence-electron chi connectivity index (χ3n) is 6.11. The molecule has 2 fully saturated rings. The summed E-state index contributed by atoms with van der Waals surface area (Å²) in [4.78, 5) is 32.5. The summed E-state index contributed by atoms with van der Waals surface area (Å²) >= 11 is 1.44. The van der Waals surface area contributed by atoms with Gasteiger partial charge >= 0.3 is 0 Å². The normalized spacial score (nSPS) is 20.0. The number of ether oxygens (including phenoxy) is 2. The number of thiazole rings is 1. The zero-order valence-corrected chi connectivity index (χ0v) is 20.6. The van der Waals surface area contributed by atoms with Crippen LogP contribution in [0, 0.1) is 0 Å². The van der Waals surface area contributed by atoms with Crippen LogP contribution in [0.1, 0.15) is 52.6 Å². The predicted molar refractivity (Wildman–Crippen MR) is 133 cm³/mol. The van der Waals surface area contributed by atoms with Gasteiger partial charge in [0, 0.05) is 51.3 Å². The van der Waals surface area contributed by atoms with Crippen LogP contribution in [0.3, 0.4) is 0 Å². The topological polar surface area (TPSA) is 105 Å². The highest BCUT2D eigenvalue weighted by Crippen LogP contribution is 2.26. The van der Waals surface area contributed by atoms with Gasteiger partial charge in [-0.2, -0.15) is 0 Å². The molecule has 0 aliphatic carbocycles. The van der Waals surface area contributed by atoms with Crippen LogP contribution in [-0.4, -0.2) is 68.9 Å². The summed E-state index contributed by atoms with van der Waals surface area (Å²) in [5.74, 6) is -0.534. The summed E-state index contributed by atoms with van der Waals surface area (Å²) < 4.78 is 10.8. The minimum atomic E-state index is -0.330. The van der Waals surface area contributed by atoms with Gasteiger partial charge in [0.25, 0.3) is 11.8 Å². The Kier molecular flexibility index (Phi) is 8.49. The number of carbonyl (C=O) groups is 2. The summed E-state index contributed by atoms with van der Waals surface area (Å²) in [5, 5.41) is 11.8. The molecule has 2 atom stereocenters. The lowest BCUT2D eigenvalue weighted by Crippen LogP contribution is -2.29. The van der Waals surface area contributed by atoms with Gasteiger partial charge in [0.05, 0.1) is 24.0 Å². The molecule has 34 heavy (non-hydrogen) atoms. The van der Waals surface area contributed by atoms with Gasteiger partial charge in [-0.25, -0.2) is 4.98 Å². The molecule has 1 aromatic heterocycles. The van der Waals surface area contributed by atoms with Gasteiger partial charge in [0.2, 0.25) is 0 Å². The zero-order valence-electron chi connectivity index (χ0n) is 19.8. The molecule has 9 nitrogen and oxygen atoms in total. The van der Waals surface area contributed by atoms with Gasteiger partial charge in [0.1, 0.15) is 5.69 Å². The average molecular weight is 488 g/mol. The van der Waals surface area contributed by atoms with E-state index in [1.165, 1.54) is 11.3 Å². The molecule has 2 aliphatic rings. The highest BCUT2D eigenvalue weighted by atomic mass is 32.1. The second-order valence-electron chi connectivity index (χ2n) is 8.64. The molecule has 0 bridgehead atoms. The molecule has 3 heterocycles. The molecule has 2 saturated heterocycles. The summed E-state index contributed by atoms with van der Waals surface area (Å²) in [6.07, 6.45) is 2.96. The van der Waals surface area contributed by atoms with Crippen LogP contribution in [0.15, 0.2) is 23.6 Å². The van der Waals surface area contributed by atoms with E-state index in [1.807, 2.05) is 19.1 Å². The van der Waals surface area contributed by atoms with Crippen LogP contribution in [-0.2, 0) is 16.0 Å². The van der Waals surface area contributed by atoms with Crippen LogP contribution in [0.5, 0.6) is 0 Å². The first-order chi connectivity index (χ1) is 16.6. The van der Waals surface area contributed by atoms with E-state index < -0.39 is 0 Å². The summed E-state index contributed by atoms with van der Waals surface area (Å²) in [6.45, 7) is 6.31. The smallest absolute Gasteiger partial charge is 0.275 e.